The molecular formula is C9H16N2O2. The Balaban J connectivity index is 2.35. The number of rotatable bonds is 0. The molecule has 0 aromatic carbocycles. The topological polar surface area (TPSA) is 51.0 Å². The van der Waals surface area contributed by atoms with Gasteiger partial charge in [0.1, 0.15) is 11.4 Å². The average molecular weight is 184 g/mol. The highest BCUT2D eigenvalue weighted by Crippen LogP contribution is 2.31. The fourth-order valence-electron chi connectivity index (χ4n) is 2.17. The van der Waals surface area contributed by atoms with Gasteiger partial charge in [0.05, 0.1) is 0 Å². The molecule has 74 valence electrons. The molecule has 0 saturated heterocycles. The molecule has 0 aromatic rings. The summed E-state index contributed by atoms with van der Waals surface area (Å²) in [6, 6.07) is 0. The predicted octanol–water partition coefficient (Wildman–Crippen LogP) is 0.596. The van der Waals surface area contributed by atoms with Crippen LogP contribution in [-0.2, 0) is 0 Å². The van der Waals surface area contributed by atoms with Gasteiger partial charge in [0.2, 0.25) is 0 Å². The summed E-state index contributed by atoms with van der Waals surface area (Å²) in [7, 11) is 0. The summed E-state index contributed by atoms with van der Waals surface area (Å²) in [4.78, 5) is 0. The summed E-state index contributed by atoms with van der Waals surface area (Å²) >= 11 is 0. The van der Waals surface area contributed by atoms with E-state index in [1.54, 1.807) is 13.8 Å². The second-order valence-corrected chi connectivity index (χ2v) is 4.33. The van der Waals surface area contributed by atoms with Crippen LogP contribution in [0.2, 0.25) is 0 Å². The number of hydrogen-bond donors (Lipinski definition) is 2. The quantitative estimate of drug-likeness (QED) is 0.542. The van der Waals surface area contributed by atoms with Crippen molar-refractivity contribution in [1.29, 1.82) is 0 Å². The third kappa shape index (κ3) is 1.10. The Morgan fingerprint density at radius 2 is 2.00 bits per heavy atom. The van der Waals surface area contributed by atoms with Gasteiger partial charge in [-0.05, 0) is 19.3 Å². The summed E-state index contributed by atoms with van der Waals surface area (Å²) in [6.45, 7) is 3.54. The van der Waals surface area contributed by atoms with E-state index in [9.17, 15) is 10.4 Å². The van der Waals surface area contributed by atoms with Gasteiger partial charge in [-0.25, -0.2) is 0 Å². The van der Waals surface area contributed by atoms with Crippen molar-refractivity contribution < 1.29 is 10.3 Å². The molecule has 0 fully saturated rings. The monoisotopic (exact) mass is 184 g/mol. The number of quaternary nitrogens is 1. The molecule has 1 atom stereocenters. The van der Waals surface area contributed by atoms with Crippen molar-refractivity contribution in [2.24, 2.45) is 0 Å². The van der Waals surface area contributed by atoms with Crippen LogP contribution in [0.25, 0.3) is 0 Å². The number of nitrogens with zero attached hydrogens (tertiary/aromatic N) is 1. The largest absolute Gasteiger partial charge is 0.627 e. The van der Waals surface area contributed by atoms with Crippen LogP contribution in [0.3, 0.4) is 0 Å². The van der Waals surface area contributed by atoms with Gasteiger partial charge in [0.15, 0.2) is 5.66 Å². The zero-order chi connectivity index (χ0) is 9.64. The van der Waals surface area contributed by atoms with E-state index in [2.05, 4.69) is 0 Å². The van der Waals surface area contributed by atoms with Crippen LogP contribution in [0.1, 0.15) is 39.5 Å². The lowest BCUT2D eigenvalue weighted by Gasteiger charge is -2.35. The van der Waals surface area contributed by atoms with Crippen molar-refractivity contribution >= 4 is 0 Å². The maximum atomic E-state index is 11.8. The molecule has 13 heavy (non-hydrogen) atoms. The molecule has 0 aromatic heterocycles. The minimum atomic E-state index is -0.727. The molecule has 2 aliphatic rings. The van der Waals surface area contributed by atoms with Crippen LogP contribution >= 0.6 is 0 Å². The standard InChI is InChI=1S/C9H16N2O2/c1-9(2)10(12)7-5-3-4-6-8(7)11(9)13/h10,13H,3-6H2,1-2H3. The van der Waals surface area contributed by atoms with Crippen molar-refractivity contribution in [3.05, 3.63) is 16.6 Å². The molecule has 0 bridgehead atoms. The third-order valence-electron chi connectivity index (χ3n) is 3.05. The molecule has 1 unspecified atom stereocenters. The molecule has 1 aliphatic heterocycles. The Labute approximate surface area is 78.0 Å². The van der Waals surface area contributed by atoms with E-state index in [-0.39, 0.29) is 5.06 Å². The minimum Gasteiger partial charge on any atom is -0.627 e. The van der Waals surface area contributed by atoms with Gasteiger partial charge in [-0.2, -0.15) is 5.06 Å². The molecule has 0 saturated carbocycles. The van der Waals surface area contributed by atoms with E-state index < -0.39 is 5.66 Å². The Hall–Kier alpha value is -0.580. The van der Waals surface area contributed by atoms with Crippen LogP contribution in [0.4, 0.5) is 0 Å². The number of hydroxylamine groups is 4. The molecular weight excluding hydrogens is 168 g/mol. The van der Waals surface area contributed by atoms with Gasteiger partial charge in [-0.15, -0.1) is 0 Å². The summed E-state index contributed by atoms with van der Waals surface area (Å²) in [5, 5.41) is 22.9. The zero-order valence-electron chi connectivity index (χ0n) is 8.13. The first-order valence-corrected chi connectivity index (χ1v) is 4.81. The lowest BCUT2D eigenvalue weighted by molar-refractivity contribution is -0.874. The second-order valence-electron chi connectivity index (χ2n) is 4.33. The lowest BCUT2D eigenvalue weighted by atomic mass is 10.0. The van der Waals surface area contributed by atoms with Gasteiger partial charge >= 0.3 is 0 Å². The van der Waals surface area contributed by atoms with Gasteiger partial charge in [-0.1, -0.05) is 0 Å². The molecule has 4 heteroatoms. The molecule has 4 nitrogen and oxygen atoms in total. The van der Waals surface area contributed by atoms with E-state index in [4.69, 9.17) is 0 Å². The van der Waals surface area contributed by atoms with Crippen molar-refractivity contribution in [3.63, 3.8) is 0 Å². The van der Waals surface area contributed by atoms with Crippen LogP contribution in [0.15, 0.2) is 11.4 Å². The van der Waals surface area contributed by atoms with E-state index in [1.807, 2.05) is 0 Å². The molecule has 1 aliphatic carbocycles. The van der Waals surface area contributed by atoms with E-state index >= 15 is 0 Å². The van der Waals surface area contributed by atoms with E-state index in [0.717, 1.165) is 37.1 Å². The van der Waals surface area contributed by atoms with Crippen molar-refractivity contribution in [2.75, 3.05) is 0 Å². The van der Waals surface area contributed by atoms with Crippen LogP contribution in [0, 0.1) is 5.21 Å². The van der Waals surface area contributed by atoms with Gasteiger partial charge in [0.25, 0.3) is 0 Å². The Bertz CT molecular complexity index is 236. The fraction of sp³-hybridized carbons (Fsp3) is 0.778. The SMILES string of the molecule is CC1(C)N(O)C2=C(CCCC2)[NH+]1[O-]. The maximum Gasteiger partial charge on any atom is 0.194 e. The lowest BCUT2D eigenvalue weighted by Crippen LogP contribution is -3.13. The summed E-state index contributed by atoms with van der Waals surface area (Å²) in [5.41, 5.74) is 0.995. The highest BCUT2D eigenvalue weighted by molar-refractivity contribution is 5.14. The Morgan fingerprint density at radius 1 is 1.38 bits per heavy atom. The number of hydrogen-bond acceptors (Lipinski definition) is 3. The van der Waals surface area contributed by atoms with Gasteiger partial charge in [-0.3, -0.25) is 5.21 Å². The molecule has 0 amide bonds. The first kappa shape index (κ1) is 8.99. The van der Waals surface area contributed by atoms with Crippen molar-refractivity contribution in [2.45, 2.75) is 45.2 Å². The highest BCUT2D eigenvalue weighted by atomic mass is 16.6. The second kappa shape index (κ2) is 2.70. The first-order chi connectivity index (χ1) is 6.05. The summed E-state index contributed by atoms with van der Waals surface area (Å²) in [5.74, 6) is 0. The maximum absolute atomic E-state index is 11.8. The van der Waals surface area contributed by atoms with Gasteiger partial charge in [0, 0.05) is 20.3 Å². The summed E-state index contributed by atoms with van der Waals surface area (Å²) < 4.78 is 0. The minimum absolute atomic E-state index is 0.102. The predicted molar refractivity (Wildman–Crippen MR) is 47.5 cm³/mol. The Kier molecular flexibility index (Phi) is 1.87. The number of nitrogens with one attached hydrogen (secondary N) is 1. The number of allylic oxidation sites excluding steroid dienone is 2. The van der Waals surface area contributed by atoms with Crippen LogP contribution in [-0.4, -0.2) is 15.9 Å². The first-order valence-electron chi connectivity index (χ1n) is 4.81. The molecule has 2 rings (SSSR count). The van der Waals surface area contributed by atoms with E-state index in [1.165, 1.54) is 5.06 Å². The van der Waals surface area contributed by atoms with Crippen LogP contribution < -0.4 is 5.06 Å². The molecule has 0 radical (unpaired) electrons. The third-order valence-corrected chi connectivity index (χ3v) is 3.05. The van der Waals surface area contributed by atoms with Crippen molar-refractivity contribution in [3.8, 4) is 0 Å². The smallest absolute Gasteiger partial charge is 0.194 e. The normalized spacial score (nSPS) is 32.3. The molecule has 1 heterocycles. The average Bonchev–Trinajstić information content (AvgIpc) is 2.30. The zero-order valence-corrected chi connectivity index (χ0v) is 8.13. The Morgan fingerprint density at radius 3 is 2.62 bits per heavy atom. The van der Waals surface area contributed by atoms with Crippen molar-refractivity contribution in [1.82, 2.24) is 5.06 Å². The highest BCUT2D eigenvalue weighted by Gasteiger charge is 2.45. The summed E-state index contributed by atoms with van der Waals surface area (Å²) in [6.07, 6.45) is 3.85. The molecule has 2 N–H and O–H groups in total. The molecule has 0 spiro atoms. The van der Waals surface area contributed by atoms with Gasteiger partial charge < -0.3 is 10.3 Å². The van der Waals surface area contributed by atoms with E-state index in [0.29, 0.717) is 0 Å². The fourth-order valence-corrected chi connectivity index (χ4v) is 2.17. The van der Waals surface area contributed by atoms with Crippen LogP contribution in [0.5, 0.6) is 0 Å².